The van der Waals surface area contributed by atoms with E-state index in [0.29, 0.717) is 22.6 Å². The Balaban J connectivity index is 2.02. The number of fused-ring (bicyclic) bond motifs is 1. The largest absolute Gasteiger partial charge is 0.364 e. The zero-order valence-corrected chi connectivity index (χ0v) is 14.8. The molecule has 8 heteroatoms. The standard InChI is InChI=1S/C20H15F2N5O/c1-11-3-2-4-14(26-11)18-17(13(19(21)22)7-8-24-18)12-5-6-16-25-9-15(20(23)28)27(16)10-12/h2-10,19H,1H3,(H2,23,28). The number of alkyl halides is 2. The van der Waals surface area contributed by atoms with Gasteiger partial charge in [0, 0.05) is 34.8 Å². The lowest BCUT2D eigenvalue weighted by atomic mass is 9.97. The number of amides is 1. The van der Waals surface area contributed by atoms with E-state index in [1.165, 1.54) is 22.9 Å². The number of carbonyl (C=O) groups excluding carboxylic acids is 1. The molecule has 1 amide bonds. The Bertz CT molecular complexity index is 1200. The second kappa shape index (κ2) is 6.80. The minimum absolute atomic E-state index is 0.162. The fraction of sp³-hybridized carbons (Fsp3) is 0.100. The Morgan fingerprint density at radius 1 is 1.14 bits per heavy atom. The maximum absolute atomic E-state index is 13.8. The molecule has 4 rings (SSSR count). The summed E-state index contributed by atoms with van der Waals surface area (Å²) in [7, 11) is 0. The molecule has 0 spiro atoms. The van der Waals surface area contributed by atoms with Gasteiger partial charge in [-0.05, 0) is 37.3 Å². The number of aromatic nitrogens is 4. The fourth-order valence-corrected chi connectivity index (χ4v) is 3.14. The first-order chi connectivity index (χ1) is 13.5. The van der Waals surface area contributed by atoms with Crippen LogP contribution in [0.2, 0.25) is 0 Å². The van der Waals surface area contributed by atoms with Crippen molar-refractivity contribution in [1.82, 2.24) is 19.4 Å². The van der Waals surface area contributed by atoms with E-state index in [4.69, 9.17) is 5.73 Å². The molecule has 0 unspecified atom stereocenters. The summed E-state index contributed by atoms with van der Waals surface area (Å²) in [6, 6.07) is 9.91. The van der Waals surface area contributed by atoms with Crippen LogP contribution in [0, 0.1) is 6.92 Å². The molecular formula is C20H15F2N5O. The number of halogens is 2. The summed E-state index contributed by atoms with van der Waals surface area (Å²) in [5, 5.41) is 0. The van der Waals surface area contributed by atoms with Gasteiger partial charge in [-0.15, -0.1) is 0 Å². The summed E-state index contributed by atoms with van der Waals surface area (Å²) < 4.78 is 29.1. The van der Waals surface area contributed by atoms with Crippen molar-refractivity contribution in [3.8, 4) is 22.5 Å². The molecule has 2 N–H and O–H groups in total. The number of hydrogen-bond donors (Lipinski definition) is 1. The van der Waals surface area contributed by atoms with Gasteiger partial charge in [0.2, 0.25) is 0 Å². The van der Waals surface area contributed by atoms with Crippen molar-refractivity contribution in [2.24, 2.45) is 5.73 Å². The van der Waals surface area contributed by atoms with Gasteiger partial charge >= 0.3 is 0 Å². The highest BCUT2D eigenvalue weighted by atomic mass is 19.3. The zero-order chi connectivity index (χ0) is 19.8. The molecule has 0 aliphatic carbocycles. The molecule has 4 heterocycles. The van der Waals surface area contributed by atoms with Crippen molar-refractivity contribution in [2.75, 3.05) is 0 Å². The molecule has 0 saturated heterocycles. The second-order valence-corrected chi connectivity index (χ2v) is 6.24. The molecule has 0 bridgehead atoms. The molecule has 6 nitrogen and oxygen atoms in total. The van der Waals surface area contributed by atoms with Crippen LogP contribution in [-0.4, -0.2) is 25.3 Å². The van der Waals surface area contributed by atoms with Crippen molar-refractivity contribution >= 4 is 11.6 Å². The number of rotatable bonds is 4. The van der Waals surface area contributed by atoms with Crippen molar-refractivity contribution in [3.63, 3.8) is 0 Å². The highest BCUT2D eigenvalue weighted by Crippen LogP contribution is 2.37. The van der Waals surface area contributed by atoms with E-state index in [0.717, 1.165) is 5.69 Å². The molecule has 0 aliphatic heterocycles. The summed E-state index contributed by atoms with van der Waals surface area (Å²) in [5.41, 5.74) is 8.13. The number of hydrogen-bond acceptors (Lipinski definition) is 4. The number of nitrogens with two attached hydrogens (primary N) is 1. The van der Waals surface area contributed by atoms with Crippen LogP contribution in [-0.2, 0) is 0 Å². The predicted molar refractivity (Wildman–Crippen MR) is 99.9 cm³/mol. The van der Waals surface area contributed by atoms with Crippen LogP contribution in [0.5, 0.6) is 0 Å². The van der Waals surface area contributed by atoms with Gasteiger partial charge in [-0.1, -0.05) is 6.07 Å². The summed E-state index contributed by atoms with van der Waals surface area (Å²) in [5.74, 6) is -0.662. The minimum Gasteiger partial charge on any atom is -0.364 e. The van der Waals surface area contributed by atoms with Crippen LogP contribution >= 0.6 is 0 Å². The Hall–Kier alpha value is -3.68. The van der Waals surface area contributed by atoms with E-state index < -0.39 is 12.3 Å². The second-order valence-electron chi connectivity index (χ2n) is 6.24. The van der Waals surface area contributed by atoms with Crippen molar-refractivity contribution in [1.29, 1.82) is 0 Å². The minimum atomic E-state index is -2.71. The van der Waals surface area contributed by atoms with Crippen LogP contribution in [0.4, 0.5) is 8.78 Å². The normalized spacial score (nSPS) is 11.3. The van der Waals surface area contributed by atoms with Crippen molar-refractivity contribution < 1.29 is 13.6 Å². The third-order valence-electron chi connectivity index (χ3n) is 4.40. The number of carbonyl (C=O) groups is 1. The number of imidazole rings is 1. The molecule has 0 saturated carbocycles. The average Bonchev–Trinajstić information content (AvgIpc) is 3.10. The van der Waals surface area contributed by atoms with Gasteiger partial charge in [-0.2, -0.15) is 0 Å². The summed E-state index contributed by atoms with van der Waals surface area (Å²) in [6.07, 6.45) is 1.54. The van der Waals surface area contributed by atoms with Crippen LogP contribution < -0.4 is 5.73 Å². The van der Waals surface area contributed by atoms with Gasteiger partial charge in [-0.3, -0.25) is 19.2 Å². The quantitative estimate of drug-likeness (QED) is 0.584. The van der Waals surface area contributed by atoms with E-state index in [-0.39, 0.29) is 16.8 Å². The average molecular weight is 379 g/mol. The maximum atomic E-state index is 13.8. The van der Waals surface area contributed by atoms with Crippen LogP contribution in [0.1, 0.15) is 28.2 Å². The molecule has 140 valence electrons. The number of aryl methyl sites for hydroxylation is 1. The van der Waals surface area contributed by atoms with Crippen LogP contribution in [0.25, 0.3) is 28.2 Å². The van der Waals surface area contributed by atoms with E-state index in [9.17, 15) is 13.6 Å². The first kappa shape index (κ1) is 17.7. The van der Waals surface area contributed by atoms with Gasteiger partial charge in [0.25, 0.3) is 12.3 Å². The van der Waals surface area contributed by atoms with Crippen LogP contribution in [0.15, 0.2) is 55.0 Å². The van der Waals surface area contributed by atoms with Gasteiger partial charge in [0.15, 0.2) is 0 Å². The first-order valence-corrected chi connectivity index (χ1v) is 8.44. The SMILES string of the molecule is Cc1cccc(-c2nccc(C(F)F)c2-c2ccc3ncc(C(N)=O)n3c2)n1. The molecule has 0 atom stereocenters. The van der Waals surface area contributed by atoms with Crippen molar-refractivity contribution in [2.45, 2.75) is 13.3 Å². The monoisotopic (exact) mass is 379 g/mol. The number of primary amides is 1. The van der Waals surface area contributed by atoms with E-state index >= 15 is 0 Å². The molecule has 0 aromatic carbocycles. The molecular weight excluding hydrogens is 364 g/mol. The third kappa shape index (κ3) is 2.98. The van der Waals surface area contributed by atoms with Gasteiger partial charge < -0.3 is 5.73 Å². The Kier molecular flexibility index (Phi) is 4.31. The molecule has 28 heavy (non-hydrogen) atoms. The van der Waals surface area contributed by atoms with Gasteiger partial charge in [-0.25, -0.2) is 13.8 Å². The highest BCUT2D eigenvalue weighted by molar-refractivity contribution is 5.92. The molecule has 0 radical (unpaired) electrons. The summed E-state index contributed by atoms with van der Waals surface area (Å²) >= 11 is 0. The summed E-state index contributed by atoms with van der Waals surface area (Å²) in [4.78, 5) is 24.5. The first-order valence-electron chi connectivity index (χ1n) is 8.44. The van der Waals surface area contributed by atoms with E-state index in [1.54, 1.807) is 30.5 Å². The Morgan fingerprint density at radius 2 is 1.96 bits per heavy atom. The lowest BCUT2D eigenvalue weighted by Gasteiger charge is -2.14. The van der Waals surface area contributed by atoms with Crippen molar-refractivity contribution in [3.05, 3.63) is 71.9 Å². The zero-order valence-electron chi connectivity index (χ0n) is 14.8. The lowest BCUT2D eigenvalue weighted by molar-refractivity contribution is 0.0994. The highest BCUT2D eigenvalue weighted by Gasteiger charge is 2.21. The smallest absolute Gasteiger partial charge is 0.267 e. The van der Waals surface area contributed by atoms with E-state index in [1.807, 2.05) is 13.0 Å². The van der Waals surface area contributed by atoms with Gasteiger partial charge in [0.1, 0.15) is 11.3 Å². The number of pyridine rings is 3. The molecule has 4 aromatic rings. The lowest BCUT2D eigenvalue weighted by Crippen LogP contribution is -2.13. The Morgan fingerprint density at radius 3 is 2.68 bits per heavy atom. The number of nitrogens with zero attached hydrogens (tertiary/aromatic N) is 4. The fourth-order valence-electron chi connectivity index (χ4n) is 3.14. The third-order valence-corrected chi connectivity index (χ3v) is 4.40. The topological polar surface area (TPSA) is 86.2 Å². The van der Waals surface area contributed by atoms with E-state index in [2.05, 4.69) is 15.0 Å². The predicted octanol–water partition coefficient (Wildman–Crippen LogP) is 3.80. The maximum Gasteiger partial charge on any atom is 0.267 e. The van der Waals surface area contributed by atoms with Gasteiger partial charge in [0.05, 0.1) is 17.6 Å². The summed E-state index contributed by atoms with van der Waals surface area (Å²) in [6.45, 7) is 1.82. The molecule has 0 fully saturated rings. The molecule has 4 aromatic heterocycles. The molecule has 0 aliphatic rings. The Labute approximate surface area is 158 Å². The van der Waals surface area contributed by atoms with Crippen LogP contribution in [0.3, 0.4) is 0 Å².